The third kappa shape index (κ3) is 2.99. The van der Waals surface area contributed by atoms with Crippen molar-refractivity contribution in [3.05, 3.63) is 63.1 Å². The Morgan fingerprint density at radius 1 is 1.11 bits per heavy atom. The molecule has 0 saturated heterocycles. The van der Waals surface area contributed by atoms with Crippen LogP contribution in [0.4, 0.5) is 0 Å². The predicted molar refractivity (Wildman–Crippen MR) is 80.7 cm³/mol. The SMILES string of the molecule is COc1cc(C(O)c2ccc(C)cc2)c(Br)cc1C. The first-order chi connectivity index (χ1) is 9.02. The molecule has 2 aromatic carbocycles. The van der Waals surface area contributed by atoms with E-state index >= 15 is 0 Å². The Labute approximate surface area is 122 Å². The van der Waals surface area contributed by atoms with Crippen molar-refractivity contribution in [1.29, 1.82) is 0 Å². The van der Waals surface area contributed by atoms with Gasteiger partial charge in [0.25, 0.3) is 0 Å². The van der Waals surface area contributed by atoms with Crippen LogP contribution >= 0.6 is 15.9 Å². The fourth-order valence-corrected chi connectivity index (χ4v) is 2.70. The van der Waals surface area contributed by atoms with Gasteiger partial charge in [-0.3, -0.25) is 0 Å². The van der Waals surface area contributed by atoms with E-state index in [0.717, 1.165) is 26.9 Å². The lowest BCUT2D eigenvalue weighted by atomic mass is 9.99. The molecule has 100 valence electrons. The highest BCUT2D eigenvalue weighted by Crippen LogP contribution is 2.33. The van der Waals surface area contributed by atoms with Crippen LogP contribution in [0.3, 0.4) is 0 Å². The average Bonchev–Trinajstić information content (AvgIpc) is 2.39. The standard InChI is InChI=1S/C16H17BrO2/c1-10-4-6-12(7-5-10)16(18)13-9-15(19-3)11(2)8-14(13)17/h4-9,16,18H,1-3H3. The van der Waals surface area contributed by atoms with E-state index in [1.54, 1.807) is 7.11 Å². The maximum Gasteiger partial charge on any atom is 0.122 e. The lowest BCUT2D eigenvalue weighted by Gasteiger charge is -2.16. The summed E-state index contributed by atoms with van der Waals surface area (Å²) in [6.45, 7) is 4.01. The molecule has 1 atom stereocenters. The van der Waals surface area contributed by atoms with E-state index in [-0.39, 0.29) is 0 Å². The molecule has 1 N–H and O–H groups in total. The summed E-state index contributed by atoms with van der Waals surface area (Å²) in [5, 5.41) is 10.5. The Morgan fingerprint density at radius 3 is 2.32 bits per heavy atom. The van der Waals surface area contributed by atoms with Crippen molar-refractivity contribution in [3.63, 3.8) is 0 Å². The van der Waals surface area contributed by atoms with Crippen LogP contribution in [0.2, 0.25) is 0 Å². The predicted octanol–water partition coefficient (Wildman–Crippen LogP) is 4.16. The van der Waals surface area contributed by atoms with Crippen molar-refractivity contribution in [2.24, 2.45) is 0 Å². The summed E-state index contributed by atoms with van der Waals surface area (Å²) >= 11 is 3.51. The van der Waals surface area contributed by atoms with Crippen LogP contribution in [0.5, 0.6) is 5.75 Å². The highest BCUT2D eigenvalue weighted by molar-refractivity contribution is 9.10. The van der Waals surface area contributed by atoms with Crippen LogP contribution in [-0.4, -0.2) is 12.2 Å². The number of ether oxygens (including phenoxy) is 1. The van der Waals surface area contributed by atoms with Gasteiger partial charge in [0.05, 0.1) is 7.11 Å². The maximum atomic E-state index is 10.5. The average molecular weight is 321 g/mol. The second-order valence-corrected chi connectivity index (χ2v) is 5.51. The monoisotopic (exact) mass is 320 g/mol. The van der Waals surface area contributed by atoms with Gasteiger partial charge in [-0.2, -0.15) is 0 Å². The minimum absolute atomic E-state index is 0.663. The molecule has 0 fully saturated rings. The van der Waals surface area contributed by atoms with Crippen LogP contribution in [0.1, 0.15) is 28.4 Å². The third-order valence-corrected chi connectivity index (χ3v) is 3.89. The summed E-state index contributed by atoms with van der Waals surface area (Å²) in [4.78, 5) is 0. The molecule has 0 aromatic heterocycles. The van der Waals surface area contributed by atoms with Gasteiger partial charge in [-0.25, -0.2) is 0 Å². The van der Waals surface area contributed by atoms with E-state index in [2.05, 4.69) is 15.9 Å². The number of aryl methyl sites for hydroxylation is 2. The van der Waals surface area contributed by atoms with Crippen LogP contribution in [-0.2, 0) is 0 Å². The maximum absolute atomic E-state index is 10.5. The smallest absolute Gasteiger partial charge is 0.122 e. The molecule has 0 bridgehead atoms. The number of aliphatic hydroxyl groups is 1. The minimum Gasteiger partial charge on any atom is -0.496 e. The molecule has 3 heteroatoms. The number of rotatable bonds is 3. The molecule has 0 heterocycles. The molecule has 0 spiro atoms. The van der Waals surface area contributed by atoms with Crippen molar-refractivity contribution in [3.8, 4) is 5.75 Å². The Morgan fingerprint density at radius 2 is 1.74 bits per heavy atom. The largest absolute Gasteiger partial charge is 0.496 e. The zero-order chi connectivity index (χ0) is 14.0. The molecule has 0 saturated carbocycles. The molecule has 0 radical (unpaired) electrons. The Kier molecular flexibility index (Phi) is 4.27. The lowest BCUT2D eigenvalue weighted by molar-refractivity contribution is 0.219. The molecule has 2 nitrogen and oxygen atoms in total. The summed E-state index contributed by atoms with van der Waals surface area (Å²) in [6, 6.07) is 11.7. The Hall–Kier alpha value is -1.32. The topological polar surface area (TPSA) is 29.5 Å². The van der Waals surface area contributed by atoms with Crippen LogP contribution < -0.4 is 4.74 Å². The fraction of sp³-hybridized carbons (Fsp3) is 0.250. The highest BCUT2D eigenvalue weighted by atomic mass is 79.9. The number of hydrogen-bond acceptors (Lipinski definition) is 2. The van der Waals surface area contributed by atoms with Crippen molar-refractivity contribution >= 4 is 15.9 Å². The Balaban J connectivity index is 2.43. The van der Waals surface area contributed by atoms with E-state index in [9.17, 15) is 5.11 Å². The zero-order valence-electron chi connectivity index (χ0n) is 11.3. The number of hydrogen-bond donors (Lipinski definition) is 1. The molecule has 0 amide bonds. The van der Waals surface area contributed by atoms with E-state index < -0.39 is 6.10 Å². The van der Waals surface area contributed by atoms with Gasteiger partial charge in [-0.1, -0.05) is 45.8 Å². The molecular weight excluding hydrogens is 304 g/mol. The second kappa shape index (κ2) is 5.76. The zero-order valence-corrected chi connectivity index (χ0v) is 12.9. The van der Waals surface area contributed by atoms with Gasteiger partial charge in [-0.05, 0) is 37.1 Å². The normalized spacial score (nSPS) is 12.3. The van der Waals surface area contributed by atoms with Gasteiger partial charge >= 0.3 is 0 Å². The van der Waals surface area contributed by atoms with Crippen molar-refractivity contribution < 1.29 is 9.84 Å². The summed E-state index contributed by atoms with van der Waals surface area (Å²) in [5.74, 6) is 0.782. The molecule has 0 aliphatic rings. The van der Waals surface area contributed by atoms with E-state index in [4.69, 9.17) is 4.74 Å². The van der Waals surface area contributed by atoms with E-state index in [1.807, 2.05) is 50.2 Å². The summed E-state index contributed by atoms with van der Waals surface area (Å²) in [6.07, 6.45) is -0.663. The summed E-state index contributed by atoms with van der Waals surface area (Å²) < 4.78 is 6.20. The molecule has 2 rings (SSSR count). The van der Waals surface area contributed by atoms with Crippen LogP contribution in [0, 0.1) is 13.8 Å². The minimum atomic E-state index is -0.663. The molecule has 2 aromatic rings. The summed E-state index contributed by atoms with van der Waals surface area (Å²) in [5.41, 5.74) is 3.90. The van der Waals surface area contributed by atoms with Gasteiger partial charge in [0, 0.05) is 10.0 Å². The first kappa shape index (κ1) is 14.1. The highest BCUT2D eigenvalue weighted by Gasteiger charge is 2.16. The number of benzene rings is 2. The molecule has 1 unspecified atom stereocenters. The number of methoxy groups -OCH3 is 1. The van der Waals surface area contributed by atoms with Gasteiger partial charge in [-0.15, -0.1) is 0 Å². The molecule has 0 aliphatic heterocycles. The van der Waals surface area contributed by atoms with Gasteiger partial charge in [0.15, 0.2) is 0 Å². The Bertz CT molecular complexity index is 576. The first-order valence-electron chi connectivity index (χ1n) is 6.11. The van der Waals surface area contributed by atoms with Crippen LogP contribution in [0.25, 0.3) is 0 Å². The fourth-order valence-electron chi connectivity index (χ4n) is 2.03. The molecule has 0 aliphatic carbocycles. The van der Waals surface area contributed by atoms with E-state index in [1.165, 1.54) is 5.56 Å². The van der Waals surface area contributed by atoms with Crippen molar-refractivity contribution in [2.45, 2.75) is 20.0 Å². The lowest BCUT2D eigenvalue weighted by Crippen LogP contribution is -2.02. The first-order valence-corrected chi connectivity index (χ1v) is 6.91. The third-order valence-electron chi connectivity index (χ3n) is 3.20. The van der Waals surface area contributed by atoms with Crippen molar-refractivity contribution in [2.75, 3.05) is 7.11 Å². The second-order valence-electron chi connectivity index (χ2n) is 4.66. The van der Waals surface area contributed by atoms with Gasteiger partial charge in [0.2, 0.25) is 0 Å². The van der Waals surface area contributed by atoms with Crippen molar-refractivity contribution in [1.82, 2.24) is 0 Å². The number of halogens is 1. The summed E-state index contributed by atoms with van der Waals surface area (Å²) in [7, 11) is 1.64. The number of aliphatic hydroxyl groups excluding tert-OH is 1. The molecule has 19 heavy (non-hydrogen) atoms. The molecular formula is C16H17BrO2. The van der Waals surface area contributed by atoms with Crippen LogP contribution in [0.15, 0.2) is 40.9 Å². The van der Waals surface area contributed by atoms with Gasteiger partial charge < -0.3 is 9.84 Å². The van der Waals surface area contributed by atoms with E-state index in [0.29, 0.717) is 0 Å². The van der Waals surface area contributed by atoms with Gasteiger partial charge in [0.1, 0.15) is 11.9 Å². The quantitative estimate of drug-likeness (QED) is 0.920.